The zero-order valence-electron chi connectivity index (χ0n) is 53.0. The van der Waals surface area contributed by atoms with Gasteiger partial charge in [-0.3, -0.25) is 71.9 Å². The molecule has 0 radical (unpaired) electrons. The van der Waals surface area contributed by atoms with Gasteiger partial charge in [-0.15, -0.1) is 0 Å². The molecule has 10 atom stereocenters. The maximum absolute atomic E-state index is 14.4. The zero-order chi connectivity index (χ0) is 68.9. The van der Waals surface area contributed by atoms with Gasteiger partial charge in [0.1, 0.15) is 54.4 Å². The Labute approximate surface area is 529 Å². The Balaban J connectivity index is 3.69. The molecule has 0 aliphatic carbocycles. The van der Waals surface area contributed by atoms with Crippen LogP contribution in [0.3, 0.4) is 0 Å². The molecule has 11 amide bonds. The molecule has 0 unspecified atom stereocenters. The Hall–Kier alpha value is -8.77. The number of carbonyl (C=O) groups is 15. The Kier molecular flexibility index (Phi) is 37.9. The number of hydrogen-bond donors (Lipinski definition) is 16. The number of rotatable bonds is 47. The van der Waals surface area contributed by atoms with Crippen LogP contribution in [0.25, 0.3) is 0 Å². The number of aryl methyl sites for hydroxylation is 1. The number of nitrogens with one attached hydrogen (secondary N) is 10. The predicted molar refractivity (Wildman–Crippen MR) is 328 cm³/mol. The second-order valence-electron chi connectivity index (χ2n) is 23.1. The van der Waals surface area contributed by atoms with E-state index in [1.54, 1.807) is 58.0 Å². The van der Waals surface area contributed by atoms with Crippen molar-refractivity contribution < 1.29 is 92.3 Å². The van der Waals surface area contributed by atoms with Gasteiger partial charge in [-0.05, 0) is 108 Å². The number of hydrogen-bond acceptors (Lipinski definition) is 16. The number of aliphatic carboxylic acids is 4. The number of carboxylic acid groups (broad SMARTS) is 4. The smallest absolute Gasteiger partial charge is 0.303 e. The maximum atomic E-state index is 14.4. The number of benzene rings is 1. The lowest BCUT2D eigenvalue weighted by atomic mass is 10.00. The summed E-state index contributed by atoms with van der Waals surface area (Å²) < 4.78 is 0. The Morgan fingerprint density at radius 3 is 1.12 bits per heavy atom. The van der Waals surface area contributed by atoms with Crippen LogP contribution in [0.5, 0.6) is 0 Å². The fourth-order valence-electron chi connectivity index (χ4n) is 8.82. The van der Waals surface area contributed by atoms with Gasteiger partial charge in [0.25, 0.3) is 0 Å². The number of amides is 11. The van der Waals surface area contributed by atoms with Crippen molar-refractivity contribution in [3.05, 3.63) is 35.9 Å². The van der Waals surface area contributed by atoms with Crippen LogP contribution in [-0.4, -0.2) is 176 Å². The highest BCUT2D eigenvalue weighted by atomic mass is 16.4. The Morgan fingerprint density at radius 2 is 0.758 bits per heavy atom. The van der Waals surface area contributed by atoms with Crippen LogP contribution in [-0.2, 0) is 78.3 Å². The molecule has 31 nitrogen and oxygen atoms in total. The van der Waals surface area contributed by atoms with Crippen LogP contribution < -0.4 is 64.6 Å². The number of unbranched alkanes of at least 4 members (excludes halogenated alkanes) is 2. The highest BCUT2D eigenvalue weighted by molar-refractivity contribution is 5.99. The topological polar surface area (TPSA) is 509 Å². The quantitative estimate of drug-likeness (QED) is 0.0357. The van der Waals surface area contributed by atoms with Gasteiger partial charge in [-0.2, -0.15) is 0 Å². The second kappa shape index (κ2) is 43.0. The van der Waals surface area contributed by atoms with E-state index in [-0.39, 0.29) is 69.4 Å². The van der Waals surface area contributed by atoms with Gasteiger partial charge in [0.15, 0.2) is 0 Å². The van der Waals surface area contributed by atoms with E-state index in [2.05, 4.69) is 53.2 Å². The van der Waals surface area contributed by atoms with Crippen LogP contribution >= 0.6 is 0 Å². The van der Waals surface area contributed by atoms with Gasteiger partial charge in [0.05, 0.1) is 6.42 Å². The highest BCUT2D eigenvalue weighted by Crippen LogP contribution is 2.14. The van der Waals surface area contributed by atoms with Gasteiger partial charge >= 0.3 is 23.9 Å². The molecule has 0 aliphatic heterocycles. The third-order valence-electron chi connectivity index (χ3n) is 14.5. The summed E-state index contributed by atoms with van der Waals surface area (Å²) in [5.41, 5.74) is 12.0. The minimum absolute atomic E-state index is 0.0128. The van der Waals surface area contributed by atoms with E-state index in [0.717, 1.165) is 5.56 Å². The summed E-state index contributed by atoms with van der Waals surface area (Å²) in [6.07, 6.45) is -4.57. The third-order valence-corrected chi connectivity index (χ3v) is 14.5. The van der Waals surface area contributed by atoms with Gasteiger partial charge in [-0.25, -0.2) is 0 Å². The molecule has 0 saturated heterocycles. The van der Waals surface area contributed by atoms with Crippen molar-refractivity contribution >= 4 is 88.9 Å². The zero-order valence-corrected chi connectivity index (χ0v) is 53.0. The maximum Gasteiger partial charge on any atom is 0.303 e. The Morgan fingerprint density at radius 1 is 0.396 bits per heavy atom. The van der Waals surface area contributed by atoms with Crippen molar-refractivity contribution in [1.29, 1.82) is 0 Å². The molecule has 91 heavy (non-hydrogen) atoms. The Bertz CT molecular complexity index is 2620. The van der Waals surface area contributed by atoms with Crippen molar-refractivity contribution in [1.82, 2.24) is 53.2 Å². The lowest BCUT2D eigenvalue weighted by Crippen LogP contribution is -2.60. The molecule has 0 heterocycles. The van der Waals surface area contributed by atoms with E-state index >= 15 is 0 Å². The average Bonchev–Trinajstić information content (AvgIpc) is 1.59. The monoisotopic (exact) mass is 1290 g/mol. The van der Waals surface area contributed by atoms with E-state index in [1.165, 1.54) is 6.92 Å². The highest BCUT2D eigenvalue weighted by Gasteiger charge is 2.36. The number of primary amides is 1. The first-order valence-electron chi connectivity index (χ1n) is 30.7. The van der Waals surface area contributed by atoms with Crippen LogP contribution in [0.1, 0.15) is 170 Å². The lowest BCUT2D eigenvalue weighted by Gasteiger charge is -2.28. The molecule has 0 fully saturated rings. The molecule has 1 aromatic carbocycles. The van der Waals surface area contributed by atoms with Crippen LogP contribution in [0, 0.1) is 11.8 Å². The largest absolute Gasteiger partial charge is 0.481 e. The standard InChI is InChI=1S/C60H96N12O19/c1-8-9-17-38(54(85)70-43(23-28-49(77)78)59(90)71-44(24-29-50(79)80)58(89)69-42(22-27-48(75)76)53(84)64-36(7)52(83)63-35(6)34(4)5)66-57(88)41(21-25-46(62)73)68-55(86)39(18-13-14-31-61)67-56(87)40(20-19-37-15-11-10-12-16-37)72-60(91)45(32-33(2)3)65-47(74)26-30-51(81)82/h10-12,15-16,33-36,38-45H,8-9,13-14,17-32,61H2,1-7H3,(H2,62,73)(H,63,83)(H,64,84)(H,65,74)(H,66,88)(H,67,87)(H,68,86)(H,69,89)(H,70,85)(H,71,90)(H,72,91)(H,75,76)(H,77,78)(H,79,80)(H,81,82)/t35-,36+,38+,39+,40-,41+,42+,43+,44+,45+/m1/s1. The molecule has 1 aromatic rings. The van der Waals surface area contributed by atoms with Crippen molar-refractivity contribution in [2.75, 3.05) is 6.54 Å². The predicted octanol–water partition coefficient (Wildman–Crippen LogP) is -0.747. The summed E-state index contributed by atoms with van der Waals surface area (Å²) in [6.45, 7) is 12.2. The van der Waals surface area contributed by atoms with E-state index in [0.29, 0.717) is 12.8 Å². The first-order valence-corrected chi connectivity index (χ1v) is 30.7. The van der Waals surface area contributed by atoms with E-state index in [4.69, 9.17) is 16.6 Å². The van der Waals surface area contributed by atoms with Gasteiger partial charge < -0.3 is 85.1 Å². The summed E-state index contributed by atoms with van der Waals surface area (Å²) in [7, 11) is 0. The number of carboxylic acids is 4. The van der Waals surface area contributed by atoms with Crippen molar-refractivity contribution in [2.24, 2.45) is 23.3 Å². The van der Waals surface area contributed by atoms with E-state index < -0.39 is 207 Å². The summed E-state index contributed by atoms with van der Waals surface area (Å²) in [6, 6.07) is -5.13. The van der Waals surface area contributed by atoms with E-state index in [1.807, 2.05) is 13.8 Å². The van der Waals surface area contributed by atoms with Crippen molar-refractivity contribution in [3.63, 3.8) is 0 Å². The summed E-state index contributed by atoms with van der Waals surface area (Å²) in [4.78, 5) is 197. The lowest BCUT2D eigenvalue weighted by molar-refractivity contribution is -0.140. The van der Waals surface area contributed by atoms with Gasteiger partial charge in [0.2, 0.25) is 65.0 Å². The first kappa shape index (κ1) is 80.2. The van der Waals surface area contributed by atoms with E-state index in [9.17, 15) is 87.2 Å². The summed E-state index contributed by atoms with van der Waals surface area (Å²) >= 11 is 0. The third kappa shape index (κ3) is 34.1. The first-order chi connectivity index (χ1) is 42.8. The molecule has 31 heteroatoms. The van der Waals surface area contributed by atoms with Crippen LogP contribution in [0.4, 0.5) is 0 Å². The number of nitrogens with two attached hydrogens (primary N) is 2. The average molecular weight is 1290 g/mol. The second-order valence-corrected chi connectivity index (χ2v) is 23.1. The molecule has 0 bridgehead atoms. The van der Waals surface area contributed by atoms with Crippen molar-refractivity contribution in [2.45, 2.75) is 231 Å². The molecule has 18 N–H and O–H groups in total. The number of carbonyl (C=O) groups excluding carboxylic acids is 11. The normalized spacial score (nSPS) is 14.4. The molecule has 510 valence electrons. The SMILES string of the molecule is CCCC[C@H](NC(=O)[C@H](CCC(N)=O)NC(=O)[C@H](CCCCN)NC(=O)[C@@H](CCc1ccccc1)NC(=O)[C@H](CC(C)C)NC(=O)CCC(=O)O)C(=O)N[C@@H](CCC(=O)O)C(=O)N[C@@H](CCC(=O)O)C(=O)N[C@@H](CCC(=O)O)C(=O)N[C@@H](C)C(=O)N[C@H](C)C(C)C. The minimum atomic E-state index is -1.83. The van der Waals surface area contributed by atoms with Crippen LogP contribution in [0.15, 0.2) is 30.3 Å². The van der Waals surface area contributed by atoms with Crippen molar-refractivity contribution in [3.8, 4) is 0 Å². The fourth-order valence-corrected chi connectivity index (χ4v) is 8.82. The molecular weight excluding hydrogens is 1190 g/mol. The molecule has 1 rings (SSSR count). The minimum Gasteiger partial charge on any atom is -0.481 e. The van der Waals surface area contributed by atoms with Gasteiger partial charge in [0, 0.05) is 38.1 Å². The summed E-state index contributed by atoms with van der Waals surface area (Å²) in [5, 5.41) is 62.8. The molecular formula is C60H96N12O19. The summed E-state index contributed by atoms with van der Waals surface area (Å²) in [5.74, 6) is -16.0. The van der Waals surface area contributed by atoms with Crippen LogP contribution in [0.2, 0.25) is 0 Å². The molecule has 0 spiro atoms. The molecule has 0 aliphatic rings. The van der Waals surface area contributed by atoms with Gasteiger partial charge in [-0.1, -0.05) is 77.8 Å². The fraction of sp³-hybridized carbons (Fsp3) is 0.650. The molecule has 0 aromatic heterocycles. The molecule has 0 saturated carbocycles.